The van der Waals surface area contributed by atoms with Crippen LogP contribution in [0.1, 0.15) is 39.8 Å². The van der Waals surface area contributed by atoms with Crippen LogP contribution in [0.5, 0.6) is 0 Å². The van der Waals surface area contributed by atoms with Crippen LogP contribution in [0, 0.1) is 12.7 Å². The van der Waals surface area contributed by atoms with Crippen molar-refractivity contribution in [2.45, 2.75) is 25.7 Å². The summed E-state index contributed by atoms with van der Waals surface area (Å²) in [5.41, 5.74) is 2.54. The van der Waals surface area contributed by atoms with Gasteiger partial charge in [0.25, 0.3) is 5.91 Å². The maximum Gasteiger partial charge on any atom is 0.269 e. The molecule has 24 heavy (non-hydrogen) atoms. The fraction of sp³-hybridized carbons (Fsp3) is 0.235. The molecule has 0 bridgehead atoms. The molecule has 2 aromatic heterocycles. The van der Waals surface area contributed by atoms with Crippen LogP contribution in [0.2, 0.25) is 0 Å². The number of nitrogens with zero attached hydrogens (tertiary/aromatic N) is 2. The lowest BCUT2D eigenvalue weighted by molar-refractivity contribution is 0.103. The largest absolute Gasteiger partial charge is 0.297 e. The van der Waals surface area contributed by atoms with E-state index in [1.807, 2.05) is 5.38 Å². The van der Waals surface area contributed by atoms with Crippen molar-refractivity contribution in [3.05, 3.63) is 51.7 Å². The summed E-state index contributed by atoms with van der Waals surface area (Å²) in [5.74, 6) is 0.0809. The number of rotatable bonds is 4. The average Bonchev–Trinajstić information content (AvgIpc) is 3.19. The van der Waals surface area contributed by atoms with Crippen LogP contribution in [-0.4, -0.2) is 15.9 Å². The van der Waals surface area contributed by atoms with Gasteiger partial charge in [0.2, 0.25) is 0 Å². The molecule has 1 aromatic carbocycles. The maximum atomic E-state index is 13.0. The van der Waals surface area contributed by atoms with Gasteiger partial charge in [-0.25, -0.2) is 14.4 Å². The third-order valence-corrected chi connectivity index (χ3v) is 5.81. The van der Waals surface area contributed by atoms with Gasteiger partial charge in [0, 0.05) is 16.9 Å². The topological polar surface area (TPSA) is 54.9 Å². The first kappa shape index (κ1) is 15.4. The summed E-state index contributed by atoms with van der Waals surface area (Å²) in [6.45, 7) is 1.80. The molecule has 1 aliphatic rings. The maximum absolute atomic E-state index is 13.0. The minimum absolute atomic E-state index is 0.199. The van der Waals surface area contributed by atoms with Crippen molar-refractivity contribution in [1.82, 2.24) is 9.97 Å². The standard InChI is InChI=1S/C17H14FN3OS2/c1-9-14(24-16(19-9)11-4-6-12(18)7-5-11)15(22)21-17-20-13(8-23-17)10-2-3-10/h4-8,10H,2-3H2,1H3,(H,20,21,22). The van der Waals surface area contributed by atoms with Gasteiger partial charge in [0.1, 0.15) is 15.7 Å². The monoisotopic (exact) mass is 359 g/mol. The number of hydrogen-bond donors (Lipinski definition) is 1. The second-order valence-corrected chi connectivity index (χ2v) is 7.60. The van der Waals surface area contributed by atoms with Gasteiger partial charge in [-0.2, -0.15) is 0 Å². The molecule has 0 spiro atoms. The van der Waals surface area contributed by atoms with Crippen molar-refractivity contribution in [3.8, 4) is 10.6 Å². The number of halogens is 1. The quantitative estimate of drug-likeness (QED) is 0.725. The van der Waals surface area contributed by atoms with E-state index in [1.54, 1.807) is 19.1 Å². The van der Waals surface area contributed by atoms with Crippen LogP contribution in [0.3, 0.4) is 0 Å². The van der Waals surface area contributed by atoms with E-state index in [1.165, 1.54) is 47.6 Å². The zero-order valence-electron chi connectivity index (χ0n) is 12.9. The predicted molar refractivity (Wildman–Crippen MR) is 94.3 cm³/mol. The summed E-state index contributed by atoms with van der Waals surface area (Å²) in [5, 5.41) is 6.19. The predicted octanol–water partition coefficient (Wildman–Crippen LogP) is 4.84. The Morgan fingerprint density at radius 2 is 2.00 bits per heavy atom. The normalized spacial score (nSPS) is 13.9. The number of aryl methyl sites for hydroxylation is 1. The van der Waals surface area contributed by atoms with Crippen LogP contribution in [0.15, 0.2) is 29.6 Å². The van der Waals surface area contributed by atoms with Crippen LogP contribution in [-0.2, 0) is 0 Å². The number of nitrogens with one attached hydrogen (secondary N) is 1. The summed E-state index contributed by atoms with van der Waals surface area (Å²) in [7, 11) is 0. The smallest absolute Gasteiger partial charge is 0.269 e. The molecule has 0 unspecified atom stereocenters. The first-order chi connectivity index (χ1) is 11.6. The molecule has 7 heteroatoms. The zero-order chi connectivity index (χ0) is 16.7. The molecular formula is C17H14FN3OS2. The molecule has 0 aliphatic heterocycles. The van der Waals surface area contributed by atoms with Gasteiger partial charge in [-0.1, -0.05) is 0 Å². The third kappa shape index (κ3) is 3.09. The first-order valence-electron chi connectivity index (χ1n) is 7.60. The van der Waals surface area contributed by atoms with Gasteiger partial charge < -0.3 is 0 Å². The number of carbonyl (C=O) groups excluding carboxylic acids is 1. The van der Waals surface area contributed by atoms with Crippen molar-refractivity contribution in [2.75, 3.05) is 5.32 Å². The Morgan fingerprint density at radius 3 is 2.71 bits per heavy atom. The summed E-state index contributed by atoms with van der Waals surface area (Å²) in [6, 6.07) is 6.11. The van der Waals surface area contributed by atoms with Crippen molar-refractivity contribution in [1.29, 1.82) is 0 Å². The van der Waals surface area contributed by atoms with E-state index in [9.17, 15) is 9.18 Å². The molecule has 4 nitrogen and oxygen atoms in total. The van der Waals surface area contributed by atoms with Crippen molar-refractivity contribution in [2.24, 2.45) is 0 Å². The van der Waals surface area contributed by atoms with E-state index in [4.69, 9.17) is 0 Å². The Balaban J connectivity index is 1.54. The SMILES string of the molecule is Cc1nc(-c2ccc(F)cc2)sc1C(=O)Nc1nc(C2CC2)cs1. The van der Waals surface area contributed by atoms with Crippen molar-refractivity contribution in [3.63, 3.8) is 0 Å². The molecule has 1 aliphatic carbocycles. The lowest BCUT2D eigenvalue weighted by Gasteiger charge is -1.99. The highest BCUT2D eigenvalue weighted by molar-refractivity contribution is 7.17. The Bertz CT molecular complexity index is 897. The number of anilines is 1. The number of hydrogen-bond acceptors (Lipinski definition) is 5. The van der Waals surface area contributed by atoms with E-state index >= 15 is 0 Å². The second-order valence-electron chi connectivity index (χ2n) is 5.75. The lowest BCUT2D eigenvalue weighted by atomic mass is 10.2. The van der Waals surface area contributed by atoms with Gasteiger partial charge in [0.15, 0.2) is 5.13 Å². The summed E-state index contributed by atoms with van der Waals surface area (Å²) < 4.78 is 13.0. The van der Waals surface area contributed by atoms with E-state index in [0.717, 1.165) is 11.3 Å². The van der Waals surface area contributed by atoms with E-state index in [2.05, 4.69) is 15.3 Å². The van der Waals surface area contributed by atoms with Gasteiger partial charge in [-0.3, -0.25) is 10.1 Å². The Labute approximate surface area is 146 Å². The summed E-state index contributed by atoms with van der Waals surface area (Å²) >= 11 is 2.75. The van der Waals surface area contributed by atoms with Crippen LogP contribution in [0.4, 0.5) is 9.52 Å². The average molecular weight is 359 g/mol. The van der Waals surface area contributed by atoms with Crippen LogP contribution in [0.25, 0.3) is 10.6 Å². The van der Waals surface area contributed by atoms with Gasteiger partial charge in [0.05, 0.1) is 11.4 Å². The number of carbonyl (C=O) groups is 1. The molecule has 0 saturated heterocycles. The lowest BCUT2D eigenvalue weighted by Crippen LogP contribution is -2.11. The number of thiazole rings is 2. The molecule has 2 heterocycles. The van der Waals surface area contributed by atoms with Crippen LogP contribution < -0.4 is 5.32 Å². The molecule has 0 atom stereocenters. The number of amides is 1. The Kier molecular flexibility index (Phi) is 3.90. The third-order valence-electron chi connectivity index (χ3n) is 3.83. The number of aromatic nitrogens is 2. The summed E-state index contributed by atoms with van der Waals surface area (Å²) in [4.78, 5) is 22.0. The highest BCUT2D eigenvalue weighted by atomic mass is 32.1. The fourth-order valence-electron chi connectivity index (χ4n) is 2.39. The van der Waals surface area contributed by atoms with E-state index in [-0.39, 0.29) is 11.7 Å². The molecule has 1 fully saturated rings. The zero-order valence-corrected chi connectivity index (χ0v) is 14.5. The Hall–Kier alpha value is -2.12. The minimum Gasteiger partial charge on any atom is -0.297 e. The van der Waals surface area contributed by atoms with E-state index in [0.29, 0.717) is 26.6 Å². The summed E-state index contributed by atoms with van der Waals surface area (Å²) in [6.07, 6.45) is 2.37. The highest BCUT2D eigenvalue weighted by Gasteiger charge is 2.26. The molecule has 0 radical (unpaired) electrons. The molecular weight excluding hydrogens is 345 g/mol. The first-order valence-corrected chi connectivity index (χ1v) is 9.30. The minimum atomic E-state index is -0.291. The van der Waals surface area contributed by atoms with Gasteiger partial charge in [-0.05, 0) is 44.0 Å². The van der Waals surface area contributed by atoms with E-state index < -0.39 is 0 Å². The second kappa shape index (κ2) is 6.07. The highest BCUT2D eigenvalue weighted by Crippen LogP contribution is 2.41. The van der Waals surface area contributed by atoms with Crippen molar-refractivity contribution >= 4 is 33.7 Å². The van der Waals surface area contributed by atoms with Gasteiger partial charge >= 0.3 is 0 Å². The Morgan fingerprint density at radius 1 is 1.25 bits per heavy atom. The molecule has 1 N–H and O–H groups in total. The fourth-order valence-corrected chi connectivity index (χ4v) is 4.14. The number of benzene rings is 1. The molecule has 122 valence electrons. The molecule has 1 amide bonds. The molecule has 3 aromatic rings. The van der Waals surface area contributed by atoms with Crippen molar-refractivity contribution < 1.29 is 9.18 Å². The molecule has 1 saturated carbocycles. The molecule has 4 rings (SSSR count). The van der Waals surface area contributed by atoms with Crippen LogP contribution >= 0.6 is 22.7 Å². The van der Waals surface area contributed by atoms with Gasteiger partial charge in [-0.15, -0.1) is 22.7 Å².